The summed E-state index contributed by atoms with van der Waals surface area (Å²) in [6.07, 6.45) is 3.42. The van der Waals surface area contributed by atoms with Crippen LogP contribution in [-0.4, -0.2) is 20.4 Å². The van der Waals surface area contributed by atoms with Crippen molar-refractivity contribution in [2.24, 2.45) is 0 Å². The van der Waals surface area contributed by atoms with Gasteiger partial charge in [0, 0.05) is 11.2 Å². The molecule has 24 heavy (non-hydrogen) atoms. The fourth-order valence-corrected chi connectivity index (χ4v) is 2.81. The first-order chi connectivity index (χ1) is 11.5. The third-order valence-corrected chi connectivity index (χ3v) is 4.00. The van der Waals surface area contributed by atoms with E-state index in [2.05, 4.69) is 10.3 Å². The van der Waals surface area contributed by atoms with E-state index >= 15 is 0 Å². The average Bonchev–Trinajstić information content (AvgIpc) is 2.88. The Hall–Kier alpha value is -2.53. The zero-order valence-electron chi connectivity index (χ0n) is 13.5. The van der Waals surface area contributed by atoms with E-state index in [-0.39, 0.29) is 17.3 Å². The van der Waals surface area contributed by atoms with Crippen LogP contribution in [0, 0.1) is 6.92 Å². The molecule has 2 heterocycles. The molecule has 1 amide bonds. The van der Waals surface area contributed by atoms with Crippen molar-refractivity contribution in [1.82, 2.24) is 9.38 Å². The number of nitrogens with one attached hydrogen (secondary N) is 1. The standard InChI is InChI=1S/C18H18ClN3O2/c1-3-4-13-17(22-8-7-11(2)9-16(22)20-13)18(24)21-14-10-12(19)5-6-15(14)23/h5-10,23H,3-4H2,1-2H3,(H,21,24). The molecule has 0 aliphatic carbocycles. The topological polar surface area (TPSA) is 66.6 Å². The van der Waals surface area contributed by atoms with Gasteiger partial charge < -0.3 is 10.4 Å². The van der Waals surface area contributed by atoms with Crippen molar-refractivity contribution < 1.29 is 9.90 Å². The second-order valence-corrected chi connectivity index (χ2v) is 6.14. The summed E-state index contributed by atoms with van der Waals surface area (Å²) >= 11 is 5.94. The molecule has 0 fully saturated rings. The van der Waals surface area contributed by atoms with Gasteiger partial charge in [0.15, 0.2) is 0 Å². The van der Waals surface area contributed by atoms with Gasteiger partial charge in [-0.3, -0.25) is 9.20 Å². The van der Waals surface area contributed by atoms with Gasteiger partial charge in [0.25, 0.3) is 5.91 Å². The molecule has 0 aliphatic rings. The molecule has 0 aliphatic heterocycles. The predicted octanol–water partition coefficient (Wildman–Crippen LogP) is 4.21. The fourth-order valence-electron chi connectivity index (χ4n) is 2.64. The lowest BCUT2D eigenvalue weighted by atomic mass is 10.2. The van der Waals surface area contributed by atoms with E-state index in [0.29, 0.717) is 17.1 Å². The van der Waals surface area contributed by atoms with Gasteiger partial charge in [-0.25, -0.2) is 4.98 Å². The van der Waals surface area contributed by atoms with E-state index in [4.69, 9.17) is 11.6 Å². The van der Waals surface area contributed by atoms with Gasteiger partial charge in [-0.15, -0.1) is 0 Å². The predicted molar refractivity (Wildman–Crippen MR) is 95.0 cm³/mol. The Bertz CT molecular complexity index is 918. The first-order valence-corrected chi connectivity index (χ1v) is 8.15. The maximum atomic E-state index is 12.8. The molecule has 5 nitrogen and oxygen atoms in total. The fraction of sp³-hybridized carbons (Fsp3) is 0.222. The summed E-state index contributed by atoms with van der Waals surface area (Å²) in [6, 6.07) is 8.39. The molecular weight excluding hydrogens is 326 g/mol. The number of anilines is 1. The van der Waals surface area contributed by atoms with Crippen LogP contribution in [0.1, 0.15) is 35.1 Å². The molecule has 3 rings (SSSR count). The van der Waals surface area contributed by atoms with E-state index in [9.17, 15) is 9.90 Å². The van der Waals surface area contributed by atoms with Gasteiger partial charge in [0.2, 0.25) is 0 Å². The number of hydrogen-bond donors (Lipinski definition) is 2. The van der Waals surface area contributed by atoms with Crippen molar-refractivity contribution in [1.29, 1.82) is 0 Å². The Morgan fingerprint density at radius 1 is 1.33 bits per heavy atom. The van der Waals surface area contributed by atoms with E-state index < -0.39 is 0 Å². The molecule has 0 bridgehead atoms. The van der Waals surface area contributed by atoms with E-state index in [0.717, 1.165) is 23.3 Å². The number of benzene rings is 1. The summed E-state index contributed by atoms with van der Waals surface area (Å²) in [5, 5.41) is 13.1. The minimum atomic E-state index is -0.327. The molecule has 3 aromatic rings. The maximum absolute atomic E-state index is 12.8. The summed E-state index contributed by atoms with van der Waals surface area (Å²) in [5.74, 6) is -0.359. The summed E-state index contributed by atoms with van der Waals surface area (Å²) in [7, 11) is 0. The quantitative estimate of drug-likeness (QED) is 0.697. The largest absolute Gasteiger partial charge is 0.506 e. The second-order valence-electron chi connectivity index (χ2n) is 5.70. The first kappa shape index (κ1) is 16.3. The second kappa shape index (κ2) is 6.53. The molecule has 0 saturated carbocycles. The van der Waals surface area contributed by atoms with Crippen LogP contribution in [0.4, 0.5) is 5.69 Å². The minimum Gasteiger partial charge on any atom is -0.506 e. The smallest absolute Gasteiger partial charge is 0.274 e. The lowest BCUT2D eigenvalue weighted by Gasteiger charge is -2.09. The number of pyridine rings is 1. The highest BCUT2D eigenvalue weighted by Gasteiger charge is 2.20. The highest BCUT2D eigenvalue weighted by Crippen LogP contribution is 2.27. The Balaban J connectivity index is 2.05. The number of rotatable bonds is 4. The Morgan fingerprint density at radius 3 is 2.88 bits per heavy atom. The van der Waals surface area contributed by atoms with Crippen LogP contribution in [0.3, 0.4) is 0 Å². The Morgan fingerprint density at radius 2 is 2.12 bits per heavy atom. The molecule has 124 valence electrons. The summed E-state index contributed by atoms with van der Waals surface area (Å²) in [6.45, 7) is 4.03. The summed E-state index contributed by atoms with van der Waals surface area (Å²) < 4.78 is 1.77. The SMILES string of the molecule is CCCc1nc2cc(C)ccn2c1C(=O)Nc1cc(Cl)ccc1O. The zero-order chi connectivity index (χ0) is 17.3. The lowest BCUT2D eigenvalue weighted by molar-refractivity contribution is 0.102. The highest BCUT2D eigenvalue weighted by atomic mass is 35.5. The van der Waals surface area contributed by atoms with Crippen LogP contribution in [0.2, 0.25) is 5.02 Å². The van der Waals surface area contributed by atoms with Gasteiger partial charge in [0.05, 0.1) is 11.4 Å². The average molecular weight is 344 g/mol. The first-order valence-electron chi connectivity index (χ1n) is 7.77. The number of imidazole rings is 1. The number of carbonyl (C=O) groups excluding carboxylic acids is 1. The number of aromatic nitrogens is 2. The van der Waals surface area contributed by atoms with Gasteiger partial charge >= 0.3 is 0 Å². The van der Waals surface area contributed by atoms with E-state index in [1.54, 1.807) is 10.5 Å². The van der Waals surface area contributed by atoms with Crippen LogP contribution < -0.4 is 5.32 Å². The number of aryl methyl sites for hydroxylation is 2. The maximum Gasteiger partial charge on any atom is 0.274 e. The number of phenolic OH excluding ortho intramolecular Hbond substituents is 1. The van der Waals surface area contributed by atoms with E-state index in [1.807, 2.05) is 32.2 Å². The van der Waals surface area contributed by atoms with Gasteiger partial charge in [0.1, 0.15) is 17.1 Å². The molecule has 2 aromatic heterocycles. The molecule has 0 unspecified atom stereocenters. The van der Waals surface area contributed by atoms with E-state index in [1.165, 1.54) is 12.1 Å². The van der Waals surface area contributed by atoms with Crippen molar-refractivity contribution >= 4 is 28.8 Å². The highest BCUT2D eigenvalue weighted by molar-refractivity contribution is 6.31. The Labute approximate surface area is 144 Å². The van der Waals surface area contributed by atoms with Crippen molar-refractivity contribution in [3.05, 3.63) is 58.5 Å². The lowest BCUT2D eigenvalue weighted by Crippen LogP contribution is -2.16. The van der Waals surface area contributed by atoms with Gasteiger partial charge in [-0.2, -0.15) is 0 Å². The molecule has 0 spiro atoms. The molecule has 1 aromatic carbocycles. The number of nitrogens with zero attached hydrogens (tertiary/aromatic N) is 2. The normalized spacial score (nSPS) is 11.0. The number of amides is 1. The van der Waals surface area contributed by atoms with Crippen LogP contribution in [-0.2, 0) is 6.42 Å². The number of aromatic hydroxyl groups is 1. The summed E-state index contributed by atoms with van der Waals surface area (Å²) in [5.41, 5.74) is 3.30. The third kappa shape index (κ3) is 3.08. The number of halogens is 1. The third-order valence-electron chi connectivity index (χ3n) is 3.76. The molecule has 2 N–H and O–H groups in total. The number of fused-ring (bicyclic) bond motifs is 1. The molecule has 0 saturated heterocycles. The van der Waals surface area contributed by atoms with Crippen LogP contribution in [0.15, 0.2) is 36.5 Å². The van der Waals surface area contributed by atoms with Crippen LogP contribution >= 0.6 is 11.6 Å². The van der Waals surface area contributed by atoms with Crippen LogP contribution in [0.25, 0.3) is 5.65 Å². The van der Waals surface area contributed by atoms with Gasteiger partial charge in [-0.1, -0.05) is 24.9 Å². The molecule has 0 atom stereocenters. The van der Waals surface area contributed by atoms with Crippen molar-refractivity contribution in [3.63, 3.8) is 0 Å². The zero-order valence-corrected chi connectivity index (χ0v) is 14.3. The van der Waals surface area contributed by atoms with Gasteiger partial charge in [-0.05, 0) is 49.2 Å². The molecular formula is C18H18ClN3O2. The van der Waals surface area contributed by atoms with Crippen molar-refractivity contribution in [3.8, 4) is 5.75 Å². The minimum absolute atomic E-state index is 0.0329. The number of hydrogen-bond acceptors (Lipinski definition) is 3. The Kier molecular flexibility index (Phi) is 4.44. The monoisotopic (exact) mass is 343 g/mol. The van der Waals surface area contributed by atoms with Crippen molar-refractivity contribution in [2.45, 2.75) is 26.7 Å². The van der Waals surface area contributed by atoms with Crippen LogP contribution in [0.5, 0.6) is 5.75 Å². The van der Waals surface area contributed by atoms with Crippen molar-refractivity contribution in [2.75, 3.05) is 5.32 Å². The number of carbonyl (C=O) groups is 1. The summed E-state index contributed by atoms with van der Waals surface area (Å²) in [4.78, 5) is 17.4. The molecule has 6 heteroatoms. The number of phenols is 1. The molecule has 0 radical (unpaired) electrons.